The van der Waals surface area contributed by atoms with E-state index < -0.39 is 0 Å². The maximum Gasteiger partial charge on any atom is 0.163 e. The molecule has 0 saturated heterocycles. The van der Waals surface area contributed by atoms with Gasteiger partial charge in [0, 0.05) is 42.1 Å². The summed E-state index contributed by atoms with van der Waals surface area (Å²) in [6, 6.07) is 10.0. The van der Waals surface area contributed by atoms with Crippen molar-refractivity contribution in [3.63, 3.8) is 0 Å². The van der Waals surface area contributed by atoms with Gasteiger partial charge in [-0.3, -0.25) is 0 Å². The second-order valence-corrected chi connectivity index (χ2v) is 6.87. The number of fused-ring (bicyclic) bond motifs is 4. The molecule has 0 spiro atoms. The Morgan fingerprint density at radius 3 is 2.81 bits per heavy atom. The molecule has 2 aromatic rings. The van der Waals surface area contributed by atoms with Gasteiger partial charge in [-0.1, -0.05) is 6.07 Å². The molecular formula is C21H20N2O3. The molecule has 0 saturated carbocycles. The summed E-state index contributed by atoms with van der Waals surface area (Å²) in [7, 11) is 3.27. The molecule has 1 N–H and O–H groups in total. The van der Waals surface area contributed by atoms with E-state index in [-0.39, 0.29) is 5.75 Å². The van der Waals surface area contributed by atoms with Gasteiger partial charge in [0.1, 0.15) is 5.75 Å². The van der Waals surface area contributed by atoms with Crippen LogP contribution in [0.25, 0.3) is 5.57 Å². The number of phenols is 1. The zero-order chi connectivity index (χ0) is 17.8. The van der Waals surface area contributed by atoms with Crippen molar-refractivity contribution in [3.8, 4) is 17.2 Å². The van der Waals surface area contributed by atoms with Gasteiger partial charge in [0.2, 0.25) is 0 Å². The molecule has 0 atom stereocenters. The number of phenolic OH excluding ortho intramolecular Hbond substituents is 1. The number of methoxy groups -OCH3 is 2. The molecule has 132 valence electrons. The Balaban J connectivity index is 1.66. The average Bonchev–Trinajstić information content (AvgIpc) is 3.05. The summed E-state index contributed by atoms with van der Waals surface area (Å²) < 4.78 is 10.6. The van der Waals surface area contributed by atoms with E-state index in [1.165, 1.54) is 16.5 Å². The Labute approximate surface area is 151 Å². The second kappa shape index (κ2) is 5.53. The molecule has 5 rings (SSSR count). The maximum atomic E-state index is 10.5. The fraction of sp³-hybridized carbons (Fsp3) is 0.286. The molecule has 0 unspecified atom stereocenters. The van der Waals surface area contributed by atoms with Crippen LogP contribution >= 0.6 is 0 Å². The van der Waals surface area contributed by atoms with E-state index in [0.29, 0.717) is 12.3 Å². The standard InChI is InChI=1S/C21H20N2O3/c1-25-13-4-5-14-15-7-8-23-11-16-12(3-6-19(26-2)21(16)24)9-18(23)20(15)22-17(14)10-13/h3-6,10,24H,7-9,11H2,1-2H3. The van der Waals surface area contributed by atoms with Crippen molar-refractivity contribution in [2.75, 3.05) is 20.8 Å². The monoisotopic (exact) mass is 348 g/mol. The van der Waals surface area contributed by atoms with Gasteiger partial charge in [-0.15, -0.1) is 0 Å². The van der Waals surface area contributed by atoms with Crippen LogP contribution in [0.4, 0.5) is 0 Å². The first-order chi connectivity index (χ1) is 12.7. The van der Waals surface area contributed by atoms with E-state index >= 15 is 0 Å². The van der Waals surface area contributed by atoms with Crippen molar-refractivity contribution in [3.05, 3.63) is 63.4 Å². The highest BCUT2D eigenvalue weighted by molar-refractivity contribution is 5.70. The highest BCUT2D eigenvalue weighted by Crippen LogP contribution is 2.41. The highest BCUT2D eigenvalue weighted by atomic mass is 16.5. The molecule has 26 heavy (non-hydrogen) atoms. The molecule has 0 radical (unpaired) electrons. The van der Waals surface area contributed by atoms with Crippen LogP contribution in [0.3, 0.4) is 0 Å². The topological polar surface area (TPSA) is 54.3 Å². The van der Waals surface area contributed by atoms with Gasteiger partial charge < -0.3 is 19.5 Å². The SMILES string of the molecule is COc1ccc2c(c1)=NC1=C3Cc4ccc(OC)c(O)c4CN3CCC=21. The van der Waals surface area contributed by atoms with Crippen LogP contribution in [-0.2, 0) is 13.0 Å². The molecule has 5 nitrogen and oxygen atoms in total. The molecular weight excluding hydrogens is 328 g/mol. The third-order valence-corrected chi connectivity index (χ3v) is 5.60. The summed E-state index contributed by atoms with van der Waals surface area (Å²) in [6.45, 7) is 1.63. The van der Waals surface area contributed by atoms with Crippen LogP contribution in [0.2, 0.25) is 0 Å². The highest BCUT2D eigenvalue weighted by Gasteiger charge is 2.32. The number of hydrogen-bond donors (Lipinski definition) is 1. The Kier molecular flexibility index (Phi) is 3.26. The average molecular weight is 348 g/mol. The van der Waals surface area contributed by atoms with E-state index in [0.717, 1.165) is 47.3 Å². The maximum absolute atomic E-state index is 10.5. The molecule has 0 bridgehead atoms. The lowest BCUT2D eigenvalue weighted by Gasteiger charge is -2.37. The fourth-order valence-corrected chi connectivity index (χ4v) is 4.23. The third-order valence-electron chi connectivity index (χ3n) is 5.60. The molecule has 3 aliphatic heterocycles. The van der Waals surface area contributed by atoms with Crippen LogP contribution in [-0.4, -0.2) is 30.8 Å². The first-order valence-electron chi connectivity index (χ1n) is 8.81. The minimum Gasteiger partial charge on any atom is -0.504 e. The van der Waals surface area contributed by atoms with E-state index in [2.05, 4.69) is 17.0 Å². The van der Waals surface area contributed by atoms with E-state index in [1.807, 2.05) is 18.2 Å². The largest absolute Gasteiger partial charge is 0.504 e. The Bertz CT molecular complexity index is 1090. The third kappa shape index (κ3) is 2.06. The Hall–Kier alpha value is -2.95. The lowest BCUT2D eigenvalue weighted by atomic mass is 9.90. The van der Waals surface area contributed by atoms with Gasteiger partial charge in [0.25, 0.3) is 0 Å². The van der Waals surface area contributed by atoms with Gasteiger partial charge in [-0.2, -0.15) is 0 Å². The molecule has 0 aliphatic carbocycles. The quantitative estimate of drug-likeness (QED) is 0.900. The number of ether oxygens (including phenoxy) is 2. The second-order valence-electron chi connectivity index (χ2n) is 6.87. The number of hydrogen-bond acceptors (Lipinski definition) is 5. The summed E-state index contributed by atoms with van der Waals surface area (Å²) in [5, 5.41) is 12.7. The van der Waals surface area contributed by atoms with Gasteiger partial charge in [-0.25, -0.2) is 4.99 Å². The zero-order valence-corrected chi connectivity index (χ0v) is 14.9. The first kappa shape index (κ1) is 15.3. The summed E-state index contributed by atoms with van der Waals surface area (Å²) in [6.07, 6.45) is 1.74. The van der Waals surface area contributed by atoms with Crippen molar-refractivity contribution in [2.45, 2.75) is 19.4 Å². The Morgan fingerprint density at radius 1 is 1.12 bits per heavy atom. The lowest BCUT2D eigenvalue weighted by molar-refractivity contribution is 0.299. The van der Waals surface area contributed by atoms with Crippen molar-refractivity contribution >= 4 is 5.57 Å². The number of nitrogens with zero attached hydrogens (tertiary/aromatic N) is 2. The van der Waals surface area contributed by atoms with Crippen molar-refractivity contribution in [1.29, 1.82) is 0 Å². The molecule has 3 heterocycles. The van der Waals surface area contributed by atoms with Crippen LogP contribution in [0.15, 0.2) is 46.7 Å². The van der Waals surface area contributed by atoms with Gasteiger partial charge in [0.05, 0.1) is 25.3 Å². The zero-order valence-electron chi connectivity index (χ0n) is 14.9. The number of allylic oxidation sites excluding steroid dienone is 2. The van der Waals surface area contributed by atoms with E-state index in [9.17, 15) is 5.11 Å². The minimum atomic E-state index is 0.264. The van der Waals surface area contributed by atoms with Crippen LogP contribution in [0, 0.1) is 0 Å². The first-order valence-corrected chi connectivity index (χ1v) is 8.81. The van der Waals surface area contributed by atoms with Crippen LogP contribution in [0.1, 0.15) is 17.5 Å². The minimum absolute atomic E-state index is 0.264. The molecule has 0 amide bonds. The number of aromatic hydroxyl groups is 1. The molecule has 5 heteroatoms. The van der Waals surface area contributed by atoms with E-state index in [4.69, 9.17) is 14.5 Å². The van der Waals surface area contributed by atoms with Crippen LogP contribution in [0.5, 0.6) is 17.2 Å². The predicted molar refractivity (Wildman–Crippen MR) is 97.6 cm³/mol. The molecule has 0 fully saturated rings. The summed E-state index contributed by atoms with van der Waals surface area (Å²) in [5.41, 5.74) is 5.79. The van der Waals surface area contributed by atoms with Crippen molar-refractivity contribution < 1.29 is 14.6 Å². The van der Waals surface area contributed by atoms with Gasteiger partial charge >= 0.3 is 0 Å². The molecule has 3 aliphatic rings. The van der Waals surface area contributed by atoms with Crippen molar-refractivity contribution in [2.24, 2.45) is 4.99 Å². The number of rotatable bonds is 2. The van der Waals surface area contributed by atoms with Gasteiger partial charge in [-0.05, 0) is 35.8 Å². The predicted octanol–water partition coefficient (Wildman–Crippen LogP) is 1.87. The van der Waals surface area contributed by atoms with E-state index in [1.54, 1.807) is 14.2 Å². The van der Waals surface area contributed by atoms with Crippen molar-refractivity contribution in [1.82, 2.24) is 4.90 Å². The smallest absolute Gasteiger partial charge is 0.163 e. The fourth-order valence-electron chi connectivity index (χ4n) is 4.23. The Morgan fingerprint density at radius 2 is 2.00 bits per heavy atom. The summed E-state index contributed by atoms with van der Waals surface area (Å²) in [4.78, 5) is 7.27. The summed E-state index contributed by atoms with van der Waals surface area (Å²) >= 11 is 0. The number of benzene rings is 2. The summed E-state index contributed by atoms with van der Waals surface area (Å²) in [5.74, 6) is 1.63. The normalized spacial score (nSPS) is 17.2. The van der Waals surface area contributed by atoms with Gasteiger partial charge in [0.15, 0.2) is 11.5 Å². The van der Waals surface area contributed by atoms with Crippen LogP contribution < -0.4 is 20.0 Å². The molecule has 2 aromatic carbocycles. The molecule has 0 aromatic heterocycles. The lowest BCUT2D eigenvalue weighted by Crippen LogP contribution is -2.34.